The van der Waals surface area contributed by atoms with Crippen molar-refractivity contribution in [2.24, 2.45) is 11.8 Å². The van der Waals surface area contributed by atoms with Crippen LogP contribution in [0.4, 0.5) is 0 Å². The fourth-order valence-electron chi connectivity index (χ4n) is 3.12. The summed E-state index contributed by atoms with van der Waals surface area (Å²) in [5.41, 5.74) is 0.638. The van der Waals surface area contributed by atoms with Crippen molar-refractivity contribution in [1.29, 1.82) is 0 Å². The van der Waals surface area contributed by atoms with Crippen molar-refractivity contribution < 1.29 is 19.2 Å². The van der Waals surface area contributed by atoms with Crippen LogP contribution in [-0.4, -0.2) is 34.6 Å². The smallest absolute Gasteiger partial charge is 0.262 e. The molecule has 1 aromatic rings. The van der Waals surface area contributed by atoms with Gasteiger partial charge in [0.2, 0.25) is 11.8 Å². The van der Waals surface area contributed by atoms with Crippen LogP contribution in [0.2, 0.25) is 0 Å². The SMILES string of the molecule is O=C1NC(=O)C(N2C(=O)c3ccccc3C2=O)C2CC12. The van der Waals surface area contributed by atoms with Gasteiger partial charge in [-0.25, -0.2) is 0 Å². The van der Waals surface area contributed by atoms with Crippen LogP contribution in [0, 0.1) is 11.8 Å². The lowest BCUT2D eigenvalue weighted by atomic mass is 10.0. The molecule has 0 bridgehead atoms. The monoisotopic (exact) mass is 270 g/mol. The number of piperidine rings is 1. The van der Waals surface area contributed by atoms with E-state index in [1.165, 1.54) is 0 Å². The first-order valence-corrected chi connectivity index (χ1v) is 6.41. The molecular weight excluding hydrogens is 260 g/mol. The predicted octanol–water partition coefficient (Wildman–Crippen LogP) is -0.0563. The average molecular weight is 270 g/mol. The molecule has 3 unspecified atom stereocenters. The standard InChI is InChI=1S/C14H10N2O4/c17-11-9-5-8(9)10(12(18)15-11)16-13(19)6-3-1-2-4-7(6)14(16)20/h1-4,8-10H,5H2,(H,15,17,18). The van der Waals surface area contributed by atoms with Gasteiger partial charge in [-0.15, -0.1) is 0 Å². The second kappa shape index (κ2) is 3.53. The Kier molecular flexibility index (Phi) is 2.00. The molecule has 2 heterocycles. The first-order valence-electron chi connectivity index (χ1n) is 6.41. The molecule has 0 aromatic heterocycles. The van der Waals surface area contributed by atoms with Crippen LogP contribution in [0.15, 0.2) is 24.3 Å². The van der Waals surface area contributed by atoms with Crippen LogP contribution in [0.3, 0.4) is 0 Å². The summed E-state index contributed by atoms with van der Waals surface area (Å²) in [7, 11) is 0. The molecule has 2 aliphatic heterocycles. The zero-order valence-electron chi connectivity index (χ0n) is 10.3. The van der Waals surface area contributed by atoms with Gasteiger partial charge in [0, 0.05) is 11.8 Å². The Labute approximate surface area is 113 Å². The molecule has 1 N–H and O–H groups in total. The molecule has 20 heavy (non-hydrogen) atoms. The van der Waals surface area contributed by atoms with Crippen LogP contribution < -0.4 is 5.32 Å². The Hall–Kier alpha value is -2.50. The zero-order valence-corrected chi connectivity index (χ0v) is 10.3. The molecule has 4 amide bonds. The largest absolute Gasteiger partial charge is 0.294 e. The maximum atomic E-state index is 12.3. The first-order chi connectivity index (χ1) is 9.59. The Bertz CT molecular complexity index is 661. The summed E-state index contributed by atoms with van der Waals surface area (Å²) in [6.07, 6.45) is 0.551. The Morgan fingerprint density at radius 3 is 2.15 bits per heavy atom. The van der Waals surface area contributed by atoms with Crippen LogP contribution in [-0.2, 0) is 9.59 Å². The second-order valence-corrected chi connectivity index (χ2v) is 5.33. The lowest BCUT2D eigenvalue weighted by Gasteiger charge is -2.27. The highest BCUT2D eigenvalue weighted by atomic mass is 16.2. The van der Waals surface area contributed by atoms with Crippen molar-refractivity contribution in [2.75, 3.05) is 0 Å². The Morgan fingerprint density at radius 1 is 0.950 bits per heavy atom. The molecule has 2 fully saturated rings. The van der Waals surface area contributed by atoms with Crippen molar-refractivity contribution in [1.82, 2.24) is 10.2 Å². The molecule has 0 spiro atoms. The molecule has 4 rings (SSSR count). The van der Waals surface area contributed by atoms with Gasteiger partial charge in [0.1, 0.15) is 6.04 Å². The highest BCUT2D eigenvalue weighted by molar-refractivity contribution is 6.23. The minimum absolute atomic E-state index is 0.224. The summed E-state index contributed by atoms with van der Waals surface area (Å²) in [5.74, 6) is -2.23. The van der Waals surface area contributed by atoms with Crippen molar-refractivity contribution in [3.63, 3.8) is 0 Å². The topological polar surface area (TPSA) is 83.6 Å². The van der Waals surface area contributed by atoms with Crippen molar-refractivity contribution in [2.45, 2.75) is 12.5 Å². The van der Waals surface area contributed by atoms with Crippen molar-refractivity contribution in [3.05, 3.63) is 35.4 Å². The van der Waals surface area contributed by atoms with Crippen LogP contribution >= 0.6 is 0 Å². The third kappa shape index (κ3) is 1.28. The van der Waals surface area contributed by atoms with Gasteiger partial charge in [-0.05, 0) is 18.6 Å². The molecule has 1 aromatic carbocycles. The van der Waals surface area contributed by atoms with Crippen LogP contribution in [0.5, 0.6) is 0 Å². The van der Waals surface area contributed by atoms with E-state index in [1.807, 2.05) is 0 Å². The highest BCUT2D eigenvalue weighted by Gasteiger charge is 2.59. The van der Waals surface area contributed by atoms with E-state index in [1.54, 1.807) is 24.3 Å². The number of nitrogens with zero attached hydrogens (tertiary/aromatic N) is 1. The number of carbonyl (C=O) groups excluding carboxylic acids is 4. The number of hydrogen-bond donors (Lipinski definition) is 1. The summed E-state index contributed by atoms with van der Waals surface area (Å²) in [6.45, 7) is 0. The number of carbonyl (C=O) groups is 4. The van der Waals surface area contributed by atoms with Crippen LogP contribution in [0.25, 0.3) is 0 Å². The minimum atomic E-state index is -0.856. The minimum Gasteiger partial charge on any atom is -0.294 e. The fraction of sp³-hybridized carbons (Fsp3) is 0.286. The number of benzene rings is 1. The van der Waals surface area contributed by atoms with Gasteiger partial charge in [0.05, 0.1) is 11.1 Å². The normalized spacial score (nSPS) is 31.0. The molecule has 6 nitrogen and oxygen atoms in total. The summed E-state index contributed by atoms with van der Waals surface area (Å²) in [6, 6.07) is 5.65. The number of nitrogens with one attached hydrogen (secondary N) is 1. The summed E-state index contributed by atoms with van der Waals surface area (Å²) >= 11 is 0. The number of fused-ring (bicyclic) bond motifs is 2. The molecule has 1 aliphatic carbocycles. The van der Waals surface area contributed by atoms with Gasteiger partial charge >= 0.3 is 0 Å². The van der Waals surface area contributed by atoms with Gasteiger partial charge < -0.3 is 0 Å². The van der Waals surface area contributed by atoms with E-state index in [0.717, 1.165) is 4.90 Å². The maximum absolute atomic E-state index is 12.3. The van der Waals surface area contributed by atoms with Gasteiger partial charge in [-0.3, -0.25) is 29.4 Å². The van der Waals surface area contributed by atoms with E-state index in [4.69, 9.17) is 0 Å². The summed E-state index contributed by atoms with van der Waals surface area (Å²) < 4.78 is 0. The molecular formula is C14H10N2O4. The number of imide groups is 2. The second-order valence-electron chi connectivity index (χ2n) is 5.33. The van der Waals surface area contributed by atoms with E-state index in [9.17, 15) is 19.2 Å². The number of amides is 4. The molecule has 3 aliphatic rings. The van der Waals surface area contributed by atoms with E-state index in [0.29, 0.717) is 17.5 Å². The maximum Gasteiger partial charge on any atom is 0.262 e. The van der Waals surface area contributed by atoms with Crippen molar-refractivity contribution in [3.8, 4) is 0 Å². The van der Waals surface area contributed by atoms with Gasteiger partial charge in [-0.2, -0.15) is 0 Å². The molecule has 3 atom stereocenters. The van der Waals surface area contributed by atoms with Gasteiger partial charge in [0.25, 0.3) is 11.8 Å². The van der Waals surface area contributed by atoms with Crippen LogP contribution in [0.1, 0.15) is 27.1 Å². The number of rotatable bonds is 1. The third-order valence-corrected chi connectivity index (χ3v) is 4.20. The first kappa shape index (κ1) is 11.3. The van der Waals surface area contributed by atoms with Gasteiger partial charge in [-0.1, -0.05) is 12.1 Å². The molecule has 6 heteroatoms. The Balaban J connectivity index is 1.75. The average Bonchev–Trinajstić information content (AvgIpc) is 3.18. The zero-order chi connectivity index (χ0) is 14.0. The quantitative estimate of drug-likeness (QED) is 0.725. The highest BCUT2D eigenvalue weighted by Crippen LogP contribution is 2.47. The van der Waals surface area contributed by atoms with E-state index in [-0.39, 0.29) is 17.7 Å². The van der Waals surface area contributed by atoms with E-state index >= 15 is 0 Å². The third-order valence-electron chi connectivity index (χ3n) is 4.20. The summed E-state index contributed by atoms with van der Waals surface area (Å²) in [5, 5.41) is 2.24. The molecule has 0 radical (unpaired) electrons. The Morgan fingerprint density at radius 2 is 1.55 bits per heavy atom. The van der Waals surface area contributed by atoms with E-state index in [2.05, 4.69) is 5.32 Å². The molecule has 100 valence electrons. The van der Waals surface area contributed by atoms with Gasteiger partial charge in [0.15, 0.2) is 0 Å². The molecule has 1 saturated carbocycles. The fourth-order valence-corrected chi connectivity index (χ4v) is 3.12. The van der Waals surface area contributed by atoms with Crippen molar-refractivity contribution >= 4 is 23.6 Å². The van der Waals surface area contributed by atoms with E-state index < -0.39 is 23.8 Å². The summed E-state index contributed by atoms with van der Waals surface area (Å²) in [4.78, 5) is 49.1. The molecule has 1 saturated heterocycles. The lowest BCUT2D eigenvalue weighted by Crippen LogP contribution is -2.55. The predicted molar refractivity (Wildman–Crippen MR) is 65.5 cm³/mol. The number of hydrogen-bond acceptors (Lipinski definition) is 4. The lowest BCUT2D eigenvalue weighted by molar-refractivity contribution is -0.137.